The number of likely N-dealkylation sites (tertiary alicyclic amines) is 1. The third-order valence-electron chi connectivity index (χ3n) is 5.99. The predicted octanol–water partition coefficient (Wildman–Crippen LogP) is 2.59. The fourth-order valence-electron chi connectivity index (χ4n) is 4.49. The quantitative estimate of drug-likeness (QED) is 0.734. The summed E-state index contributed by atoms with van der Waals surface area (Å²) in [6.07, 6.45) is -0.501. The van der Waals surface area contributed by atoms with E-state index in [4.69, 9.17) is 4.42 Å². The van der Waals surface area contributed by atoms with E-state index in [2.05, 4.69) is 4.90 Å². The highest BCUT2D eigenvalue weighted by atomic mass is 32.2. The van der Waals surface area contributed by atoms with Crippen LogP contribution in [0.5, 0.6) is 0 Å². The molecule has 2 aliphatic heterocycles. The highest BCUT2D eigenvalue weighted by Crippen LogP contribution is 2.43. The van der Waals surface area contributed by atoms with Crippen molar-refractivity contribution in [1.29, 1.82) is 0 Å². The Balaban J connectivity index is 1.40. The van der Waals surface area contributed by atoms with Crippen molar-refractivity contribution >= 4 is 26.7 Å². The Bertz CT molecular complexity index is 1080. The summed E-state index contributed by atoms with van der Waals surface area (Å²) in [6, 6.07) is 18.8. The van der Waals surface area contributed by atoms with Crippen molar-refractivity contribution in [3.8, 4) is 0 Å². The Hall–Kier alpha value is -2.35. The molecule has 7 heteroatoms. The summed E-state index contributed by atoms with van der Waals surface area (Å²) < 4.78 is 32.9. The molecule has 0 amide bonds. The molecule has 0 saturated carbocycles. The van der Waals surface area contributed by atoms with Crippen molar-refractivity contribution in [2.24, 2.45) is 0 Å². The monoisotopic (exact) mass is 398 g/mol. The summed E-state index contributed by atoms with van der Waals surface area (Å²) in [7, 11) is -3.67. The van der Waals surface area contributed by atoms with Crippen LogP contribution in [0.1, 0.15) is 12.2 Å². The molecule has 1 aromatic heterocycles. The van der Waals surface area contributed by atoms with Gasteiger partial charge in [0.15, 0.2) is 0 Å². The summed E-state index contributed by atoms with van der Waals surface area (Å²) in [5, 5.41) is 11.8. The van der Waals surface area contributed by atoms with Gasteiger partial charge in [-0.1, -0.05) is 36.4 Å². The minimum absolute atomic E-state index is 0.102. The number of aliphatic hydroxyl groups excluding tert-OH is 1. The van der Waals surface area contributed by atoms with Crippen LogP contribution in [0.3, 0.4) is 0 Å². The lowest BCUT2D eigenvalue weighted by atomic mass is 10.0. The van der Waals surface area contributed by atoms with Crippen LogP contribution in [0.25, 0.3) is 11.0 Å². The van der Waals surface area contributed by atoms with Gasteiger partial charge in [0, 0.05) is 18.5 Å². The smallest absolute Gasteiger partial charge is 0.244 e. The molecule has 0 aliphatic carbocycles. The van der Waals surface area contributed by atoms with Crippen LogP contribution in [0.2, 0.25) is 0 Å². The molecule has 146 valence electrons. The molecule has 1 spiro atoms. The van der Waals surface area contributed by atoms with Crippen LogP contribution < -0.4 is 4.31 Å². The van der Waals surface area contributed by atoms with Gasteiger partial charge in [0.25, 0.3) is 0 Å². The zero-order valence-electron chi connectivity index (χ0n) is 15.4. The number of rotatable bonds is 3. The van der Waals surface area contributed by atoms with E-state index in [0.29, 0.717) is 31.7 Å². The van der Waals surface area contributed by atoms with Gasteiger partial charge in [-0.3, -0.25) is 9.21 Å². The second-order valence-corrected chi connectivity index (χ2v) is 9.87. The van der Waals surface area contributed by atoms with Gasteiger partial charge in [-0.15, -0.1) is 0 Å². The van der Waals surface area contributed by atoms with Crippen molar-refractivity contribution in [2.45, 2.75) is 23.8 Å². The molecular formula is C21H22N2O4S. The number of para-hydroxylation sites is 2. The van der Waals surface area contributed by atoms with Gasteiger partial charge in [-0.2, -0.15) is 0 Å². The standard InChI is InChI=1S/C21H22N2O4S/c24-20-14-23(17-7-2-1-3-8-17)28(25,26)21(20)10-11-22(15-21)13-18-12-16-6-4-5-9-19(16)27-18/h1-9,12,20,24H,10-11,13-15H2. The van der Waals surface area contributed by atoms with E-state index in [0.717, 1.165) is 16.7 Å². The van der Waals surface area contributed by atoms with E-state index in [1.165, 1.54) is 4.31 Å². The number of nitrogens with zero attached hydrogens (tertiary/aromatic N) is 2. The van der Waals surface area contributed by atoms with Crippen LogP contribution in [0.4, 0.5) is 5.69 Å². The number of fused-ring (bicyclic) bond motifs is 1. The van der Waals surface area contributed by atoms with Crippen LogP contribution in [0.15, 0.2) is 65.1 Å². The number of sulfonamides is 1. The van der Waals surface area contributed by atoms with Crippen molar-refractivity contribution in [1.82, 2.24) is 4.90 Å². The Morgan fingerprint density at radius 3 is 2.64 bits per heavy atom. The van der Waals surface area contributed by atoms with E-state index in [1.54, 1.807) is 12.1 Å². The molecule has 1 N–H and O–H groups in total. The zero-order valence-corrected chi connectivity index (χ0v) is 16.2. The van der Waals surface area contributed by atoms with E-state index < -0.39 is 20.9 Å². The van der Waals surface area contributed by atoms with Gasteiger partial charge in [0.1, 0.15) is 16.1 Å². The van der Waals surface area contributed by atoms with Gasteiger partial charge in [-0.05, 0) is 30.7 Å². The second-order valence-electron chi connectivity index (χ2n) is 7.66. The SMILES string of the molecule is O=S1(=O)N(c2ccccc2)CC(O)C12CCN(Cc1cc3ccccc3o1)C2. The van der Waals surface area contributed by atoms with Gasteiger partial charge in [0.2, 0.25) is 10.0 Å². The lowest BCUT2D eigenvalue weighted by Crippen LogP contribution is -2.47. The second kappa shape index (κ2) is 6.34. The third-order valence-corrected chi connectivity index (χ3v) is 8.57. The first-order chi connectivity index (χ1) is 13.5. The lowest BCUT2D eigenvalue weighted by molar-refractivity contribution is 0.142. The van der Waals surface area contributed by atoms with Crippen LogP contribution >= 0.6 is 0 Å². The van der Waals surface area contributed by atoms with Gasteiger partial charge in [0.05, 0.1) is 24.9 Å². The summed E-state index contributed by atoms with van der Waals surface area (Å²) in [5.41, 5.74) is 1.43. The molecule has 0 radical (unpaired) electrons. The third kappa shape index (κ3) is 2.57. The Morgan fingerprint density at radius 1 is 1.11 bits per heavy atom. The van der Waals surface area contributed by atoms with Crippen molar-refractivity contribution in [3.63, 3.8) is 0 Å². The van der Waals surface area contributed by atoms with Crippen LogP contribution in [-0.4, -0.2) is 48.9 Å². The summed E-state index contributed by atoms with van der Waals surface area (Å²) in [4.78, 5) is 2.06. The van der Waals surface area contributed by atoms with Gasteiger partial charge >= 0.3 is 0 Å². The van der Waals surface area contributed by atoms with Gasteiger partial charge < -0.3 is 9.52 Å². The van der Waals surface area contributed by atoms with E-state index in [9.17, 15) is 13.5 Å². The number of benzene rings is 2. The van der Waals surface area contributed by atoms with E-state index in [1.807, 2.05) is 48.5 Å². The maximum Gasteiger partial charge on any atom is 0.244 e. The summed E-state index contributed by atoms with van der Waals surface area (Å²) in [6.45, 7) is 1.54. The topological polar surface area (TPSA) is 74.0 Å². The zero-order chi connectivity index (χ0) is 19.4. The predicted molar refractivity (Wildman–Crippen MR) is 108 cm³/mol. The molecule has 2 unspecified atom stereocenters. The number of anilines is 1. The van der Waals surface area contributed by atoms with E-state index in [-0.39, 0.29) is 6.54 Å². The first-order valence-electron chi connectivity index (χ1n) is 9.45. The Morgan fingerprint density at radius 2 is 1.86 bits per heavy atom. The first kappa shape index (κ1) is 17.7. The molecular weight excluding hydrogens is 376 g/mol. The fourth-order valence-corrected chi connectivity index (χ4v) is 6.78. The van der Waals surface area contributed by atoms with Crippen molar-refractivity contribution < 1.29 is 17.9 Å². The maximum absolute atomic E-state index is 13.4. The summed E-state index contributed by atoms with van der Waals surface area (Å²) in [5.74, 6) is 0.808. The number of β-amino-alcohol motifs (C(OH)–C–C–N with tert-alkyl or cyclic N) is 1. The minimum Gasteiger partial charge on any atom is -0.460 e. The molecule has 6 nitrogen and oxygen atoms in total. The molecule has 2 fully saturated rings. The average Bonchev–Trinajstić information content (AvgIpc) is 3.35. The van der Waals surface area contributed by atoms with Crippen molar-refractivity contribution in [3.05, 3.63) is 66.4 Å². The molecule has 28 heavy (non-hydrogen) atoms. The highest BCUT2D eigenvalue weighted by molar-refractivity contribution is 7.94. The molecule has 3 aromatic rings. The first-order valence-corrected chi connectivity index (χ1v) is 10.9. The largest absolute Gasteiger partial charge is 0.460 e. The van der Waals surface area contributed by atoms with Gasteiger partial charge in [-0.25, -0.2) is 8.42 Å². The number of aliphatic hydroxyl groups is 1. The highest BCUT2D eigenvalue weighted by Gasteiger charge is 2.61. The maximum atomic E-state index is 13.4. The lowest BCUT2D eigenvalue weighted by Gasteiger charge is -2.27. The number of hydrogen-bond donors (Lipinski definition) is 1. The Labute approximate surface area is 164 Å². The molecule has 2 saturated heterocycles. The fraction of sp³-hybridized carbons (Fsp3) is 0.333. The van der Waals surface area contributed by atoms with Crippen LogP contribution in [0, 0.1) is 0 Å². The molecule has 2 atom stereocenters. The molecule has 0 bridgehead atoms. The van der Waals surface area contributed by atoms with Crippen molar-refractivity contribution in [2.75, 3.05) is 23.9 Å². The number of furan rings is 1. The minimum atomic E-state index is -3.67. The normalized spacial score (nSPS) is 27.2. The Kier molecular flexibility index (Phi) is 4.01. The molecule has 3 heterocycles. The molecule has 5 rings (SSSR count). The summed E-state index contributed by atoms with van der Waals surface area (Å²) >= 11 is 0. The van der Waals surface area contributed by atoms with E-state index >= 15 is 0 Å². The number of hydrogen-bond acceptors (Lipinski definition) is 5. The molecule has 2 aliphatic rings. The molecule has 2 aromatic carbocycles. The average molecular weight is 398 g/mol. The van der Waals surface area contributed by atoms with Crippen LogP contribution in [-0.2, 0) is 16.6 Å².